The average molecular weight is 349 g/mol. The number of nitrogens with zero attached hydrogens (tertiary/aromatic N) is 1. The Labute approximate surface area is 118 Å². The Balaban J connectivity index is 2.14. The molecule has 0 radical (unpaired) electrons. The fourth-order valence-electron chi connectivity index (χ4n) is 1.46. The monoisotopic (exact) mass is 348 g/mol. The van der Waals surface area contributed by atoms with Gasteiger partial charge in [-0.05, 0) is 41.1 Å². The van der Waals surface area contributed by atoms with E-state index in [1.165, 1.54) is 18.2 Å². The molecule has 102 valence electrons. The molecule has 0 fully saturated rings. The lowest BCUT2D eigenvalue weighted by molar-refractivity contribution is 0.392. The average Bonchev–Trinajstić information content (AvgIpc) is 2.68. The van der Waals surface area contributed by atoms with Crippen molar-refractivity contribution < 1.29 is 17.3 Å². The van der Waals surface area contributed by atoms with Gasteiger partial charge in [-0.2, -0.15) is 0 Å². The van der Waals surface area contributed by atoms with Gasteiger partial charge >= 0.3 is 0 Å². The first-order valence-electron chi connectivity index (χ1n) is 5.23. The molecule has 0 atom stereocenters. The van der Waals surface area contributed by atoms with Crippen LogP contribution in [0.5, 0.6) is 0 Å². The van der Waals surface area contributed by atoms with Crippen LogP contribution in [-0.4, -0.2) is 13.6 Å². The van der Waals surface area contributed by atoms with Crippen molar-refractivity contribution in [2.75, 3.05) is 4.72 Å². The molecular weight excluding hydrogens is 339 g/mol. The van der Waals surface area contributed by atoms with Crippen molar-refractivity contribution in [3.63, 3.8) is 0 Å². The molecule has 0 saturated heterocycles. The van der Waals surface area contributed by atoms with E-state index in [1.807, 2.05) is 0 Å². The zero-order valence-electron chi connectivity index (χ0n) is 9.85. The number of anilines is 1. The van der Waals surface area contributed by atoms with Crippen LogP contribution in [-0.2, 0) is 15.8 Å². The molecule has 0 bridgehead atoms. The Kier molecular flexibility index (Phi) is 3.91. The number of aromatic nitrogens is 1. The zero-order chi connectivity index (χ0) is 14.0. The van der Waals surface area contributed by atoms with Gasteiger partial charge in [-0.3, -0.25) is 4.72 Å². The van der Waals surface area contributed by atoms with E-state index >= 15 is 0 Å². The predicted octanol–water partition coefficient (Wildman–Crippen LogP) is 2.83. The fraction of sp³-hybridized carbons (Fsp3) is 0.182. The minimum atomic E-state index is -3.66. The Bertz CT molecular complexity index is 700. The van der Waals surface area contributed by atoms with Gasteiger partial charge < -0.3 is 4.52 Å². The van der Waals surface area contributed by atoms with E-state index in [0.29, 0.717) is 11.5 Å². The van der Waals surface area contributed by atoms with Gasteiger partial charge in [0, 0.05) is 6.07 Å². The second kappa shape index (κ2) is 5.30. The highest BCUT2D eigenvalue weighted by Crippen LogP contribution is 2.20. The van der Waals surface area contributed by atoms with E-state index in [9.17, 15) is 12.8 Å². The summed E-state index contributed by atoms with van der Waals surface area (Å²) in [5.74, 6) is -0.348. The first-order valence-corrected chi connectivity index (χ1v) is 7.68. The van der Waals surface area contributed by atoms with Crippen LogP contribution >= 0.6 is 15.9 Å². The topological polar surface area (TPSA) is 72.2 Å². The third-order valence-corrected chi connectivity index (χ3v) is 4.07. The van der Waals surface area contributed by atoms with Crippen molar-refractivity contribution in [2.45, 2.75) is 12.7 Å². The molecule has 0 saturated carbocycles. The summed E-state index contributed by atoms with van der Waals surface area (Å²) >= 11 is 2.99. The maximum atomic E-state index is 13.3. The van der Waals surface area contributed by atoms with Crippen LogP contribution in [0.2, 0.25) is 0 Å². The lowest BCUT2D eigenvalue weighted by Gasteiger charge is -2.07. The minimum absolute atomic E-state index is 0.154. The molecule has 1 heterocycles. The quantitative estimate of drug-likeness (QED) is 0.921. The lowest BCUT2D eigenvalue weighted by atomic mass is 10.3. The van der Waals surface area contributed by atoms with E-state index < -0.39 is 15.8 Å². The number of halogens is 2. The summed E-state index contributed by atoms with van der Waals surface area (Å²) in [6, 6.07) is 5.50. The molecule has 0 unspecified atom stereocenters. The highest BCUT2D eigenvalue weighted by molar-refractivity contribution is 9.10. The van der Waals surface area contributed by atoms with Crippen LogP contribution in [0.15, 0.2) is 33.3 Å². The summed E-state index contributed by atoms with van der Waals surface area (Å²) in [4.78, 5) is 0. The van der Waals surface area contributed by atoms with Crippen LogP contribution in [0.4, 0.5) is 10.1 Å². The number of rotatable bonds is 4. The first kappa shape index (κ1) is 14.0. The number of hydrogen-bond donors (Lipinski definition) is 1. The Morgan fingerprint density at radius 3 is 2.74 bits per heavy atom. The van der Waals surface area contributed by atoms with Crippen molar-refractivity contribution in [2.24, 2.45) is 0 Å². The molecule has 0 aliphatic rings. The van der Waals surface area contributed by atoms with E-state index in [2.05, 4.69) is 25.8 Å². The van der Waals surface area contributed by atoms with Gasteiger partial charge in [-0.1, -0.05) is 5.16 Å². The van der Waals surface area contributed by atoms with Crippen molar-refractivity contribution in [1.29, 1.82) is 0 Å². The molecule has 1 N–H and O–H groups in total. The Hall–Kier alpha value is -1.41. The molecule has 19 heavy (non-hydrogen) atoms. The standard InChI is InChI=1S/C11H10BrFN2O3S/c1-7-4-9(14-18-7)6-19(16,17)15-8-2-3-10(12)11(13)5-8/h2-5,15H,6H2,1H3. The molecule has 1 aromatic carbocycles. The molecule has 0 spiro atoms. The van der Waals surface area contributed by atoms with Crippen molar-refractivity contribution in [3.05, 3.63) is 46.0 Å². The first-order chi connectivity index (χ1) is 8.85. The molecule has 8 heteroatoms. The van der Waals surface area contributed by atoms with Gasteiger partial charge in [-0.15, -0.1) is 0 Å². The maximum absolute atomic E-state index is 13.3. The van der Waals surface area contributed by atoms with Crippen LogP contribution in [0.3, 0.4) is 0 Å². The molecule has 1 aromatic heterocycles. The Morgan fingerprint density at radius 2 is 2.16 bits per heavy atom. The van der Waals surface area contributed by atoms with Crippen molar-refractivity contribution in [3.8, 4) is 0 Å². The largest absolute Gasteiger partial charge is 0.361 e. The van der Waals surface area contributed by atoms with Gasteiger partial charge in [0.2, 0.25) is 10.0 Å². The summed E-state index contributed by atoms with van der Waals surface area (Å²) in [6.07, 6.45) is 0. The number of nitrogens with one attached hydrogen (secondary N) is 1. The molecule has 0 aliphatic carbocycles. The molecule has 2 aromatic rings. The molecule has 0 amide bonds. The molecule has 0 aliphatic heterocycles. The van der Waals surface area contributed by atoms with Gasteiger partial charge in [0.05, 0.1) is 10.2 Å². The third-order valence-electron chi connectivity index (χ3n) is 2.21. The smallest absolute Gasteiger partial charge is 0.238 e. The highest BCUT2D eigenvalue weighted by Gasteiger charge is 2.15. The number of benzene rings is 1. The van der Waals surface area contributed by atoms with Gasteiger partial charge in [0.1, 0.15) is 23.0 Å². The second-order valence-electron chi connectivity index (χ2n) is 3.92. The molecule has 2 rings (SSSR count). The highest BCUT2D eigenvalue weighted by atomic mass is 79.9. The lowest BCUT2D eigenvalue weighted by Crippen LogP contribution is -2.15. The van der Waals surface area contributed by atoms with Crippen molar-refractivity contribution in [1.82, 2.24) is 5.16 Å². The minimum Gasteiger partial charge on any atom is -0.361 e. The van der Waals surface area contributed by atoms with Gasteiger partial charge in [-0.25, -0.2) is 12.8 Å². The van der Waals surface area contributed by atoms with Gasteiger partial charge in [0.15, 0.2) is 0 Å². The van der Waals surface area contributed by atoms with Crippen LogP contribution in [0.25, 0.3) is 0 Å². The number of sulfonamides is 1. The summed E-state index contributed by atoms with van der Waals surface area (Å²) in [7, 11) is -3.66. The van der Waals surface area contributed by atoms with E-state index in [4.69, 9.17) is 4.52 Å². The summed E-state index contributed by atoms with van der Waals surface area (Å²) < 4.78 is 44.3. The number of hydrogen-bond acceptors (Lipinski definition) is 4. The zero-order valence-corrected chi connectivity index (χ0v) is 12.3. The van der Waals surface area contributed by atoms with E-state index in [1.54, 1.807) is 6.92 Å². The third kappa shape index (κ3) is 3.77. The summed E-state index contributed by atoms with van der Waals surface area (Å²) in [5.41, 5.74) is 0.448. The van der Waals surface area contributed by atoms with Crippen LogP contribution in [0.1, 0.15) is 11.5 Å². The van der Waals surface area contributed by atoms with Crippen LogP contribution in [0, 0.1) is 12.7 Å². The number of aryl methyl sites for hydroxylation is 1. The maximum Gasteiger partial charge on any atom is 0.238 e. The van der Waals surface area contributed by atoms with Gasteiger partial charge in [0.25, 0.3) is 0 Å². The fourth-order valence-corrected chi connectivity index (χ4v) is 2.79. The predicted molar refractivity (Wildman–Crippen MR) is 71.6 cm³/mol. The SMILES string of the molecule is Cc1cc(CS(=O)(=O)Nc2ccc(Br)c(F)c2)no1. The van der Waals surface area contributed by atoms with E-state index in [0.717, 1.165) is 6.07 Å². The van der Waals surface area contributed by atoms with Crippen LogP contribution < -0.4 is 4.72 Å². The molecular formula is C11H10BrFN2O3S. The second-order valence-corrected chi connectivity index (χ2v) is 6.50. The van der Waals surface area contributed by atoms with Crippen molar-refractivity contribution >= 4 is 31.6 Å². The normalized spacial score (nSPS) is 11.5. The Morgan fingerprint density at radius 1 is 1.42 bits per heavy atom. The molecule has 5 nitrogen and oxygen atoms in total. The van der Waals surface area contributed by atoms with E-state index in [-0.39, 0.29) is 15.9 Å². The summed E-state index contributed by atoms with van der Waals surface area (Å²) in [5, 5.41) is 3.60. The summed E-state index contributed by atoms with van der Waals surface area (Å²) in [6.45, 7) is 1.67.